The molecule has 2 aromatic carbocycles. The fourth-order valence-corrected chi connectivity index (χ4v) is 3.84. The number of hydrogen-bond donors (Lipinski definition) is 1. The summed E-state index contributed by atoms with van der Waals surface area (Å²) in [6.07, 6.45) is 3.24. The fraction of sp³-hybridized carbons (Fsp3) is 0.182. The lowest BCUT2D eigenvalue weighted by Gasteiger charge is -2.25. The van der Waals surface area contributed by atoms with E-state index in [2.05, 4.69) is 5.32 Å². The van der Waals surface area contributed by atoms with Crippen LogP contribution < -0.4 is 5.32 Å². The third-order valence-corrected chi connectivity index (χ3v) is 5.72. The Morgan fingerprint density at radius 1 is 1.03 bits per heavy atom. The molecule has 2 amide bonds. The Labute approximate surface area is 178 Å². The first-order valence-corrected chi connectivity index (χ1v) is 9.99. The van der Waals surface area contributed by atoms with Gasteiger partial charge < -0.3 is 14.6 Å². The number of furan rings is 1. The van der Waals surface area contributed by atoms with Gasteiger partial charge in [-0.2, -0.15) is 0 Å². The minimum atomic E-state index is -0.340. The largest absolute Gasteiger partial charge is 0.459 e. The zero-order valence-corrected chi connectivity index (χ0v) is 16.9. The molecule has 29 heavy (non-hydrogen) atoms. The minimum absolute atomic E-state index is 0.0319. The first-order chi connectivity index (χ1) is 14.0. The van der Waals surface area contributed by atoms with Gasteiger partial charge in [-0.05, 0) is 66.9 Å². The van der Waals surface area contributed by atoms with E-state index in [4.69, 9.17) is 27.6 Å². The van der Waals surface area contributed by atoms with Crippen LogP contribution in [0.15, 0.2) is 65.3 Å². The maximum atomic E-state index is 13.1. The molecule has 1 saturated heterocycles. The van der Waals surface area contributed by atoms with Crippen LogP contribution in [0.4, 0.5) is 5.69 Å². The van der Waals surface area contributed by atoms with Crippen LogP contribution in [0.2, 0.25) is 10.0 Å². The highest BCUT2D eigenvalue weighted by atomic mass is 35.5. The molecule has 1 N–H and O–H groups in total. The lowest BCUT2D eigenvalue weighted by atomic mass is 10.0. The fourth-order valence-electron chi connectivity index (χ4n) is 3.54. The number of amides is 2. The SMILES string of the molecule is O=C(Nc1ccc(C(=O)N2CCC[C@H]2c2ccc(Cl)c(Cl)c2)cc1)c1ccco1. The second-order valence-corrected chi connectivity index (χ2v) is 7.65. The summed E-state index contributed by atoms with van der Waals surface area (Å²) in [6, 6.07) is 15.5. The van der Waals surface area contributed by atoms with Gasteiger partial charge in [0.15, 0.2) is 5.76 Å². The Hall–Kier alpha value is -2.76. The summed E-state index contributed by atoms with van der Waals surface area (Å²) >= 11 is 12.2. The molecule has 1 atom stereocenters. The molecule has 0 saturated carbocycles. The summed E-state index contributed by atoms with van der Waals surface area (Å²) in [6.45, 7) is 0.681. The van der Waals surface area contributed by atoms with Crippen molar-refractivity contribution < 1.29 is 14.0 Å². The molecule has 0 unspecified atom stereocenters. The third kappa shape index (κ3) is 4.16. The Balaban J connectivity index is 1.48. The number of anilines is 1. The van der Waals surface area contributed by atoms with E-state index < -0.39 is 0 Å². The molecule has 2 heterocycles. The average Bonchev–Trinajstić information content (AvgIpc) is 3.42. The minimum Gasteiger partial charge on any atom is -0.459 e. The van der Waals surface area contributed by atoms with Crippen molar-refractivity contribution in [3.05, 3.63) is 87.8 Å². The maximum absolute atomic E-state index is 13.1. The number of halogens is 2. The van der Waals surface area contributed by atoms with E-state index in [1.165, 1.54) is 6.26 Å². The van der Waals surface area contributed by atoms with Crippen molar-refractivity contribution in [2.45, 2.75) is 18.9 Å². The maximum Gasteiger partial charge on any atom is 0.291 e. The van der Waals surface area contributed by atoms with Crippen LogP contribution in [0.5, 0.6) is 0 Å². The number of hydrogen-bond acceptors (Lipinski definition) is 3. The molecule has 1 aliphatic rings. The standard InChI is InChI=1S/C22H18Cl2N2O3/c23-17-10-7-15(13-18(17)24)19-3-1-11-26(19)22(28)14-5-8-16(9-6-14)25-21(27)20-4-2-12-29-20/h2,4-10,12-13,19H,1,3,11H2,(H,25,27)/t19-/m0/s1. The first-order valence-electron chi connectivity index (χ1n) is 9.24. The number of carbonyl (C=O) groups is 2. The molecule has 7 heteroatoms. The molecule has 148 valence electrons. The molecular formula is C22H18Cl2N2O3. The van der Waals surface area contributed by atoms with E-state index in [9.17, 15) is 9.59 Å². The van der Waals surface area contributed by atoms with Gasteiger partial charge in [-0.3, -0.25) is 9.59 Å². The smallest absolute Gasteiger partial charge is 0.291 e. The molecule has 1 aromatic heterocycles. The highest BCUT2D eigenvalue weighted by Gasteiger charge is 2.30. The molecule has 5 nitrogen and oxygen atoms in total. The molecular weight excluding hydrogens is 411 g/mol. The van der Waals surface area contributed by atoms with Gasteiger partial charge >= 0.3 is 0 Å². The van der Waals surface area contributed by atoms with E-state index in [1.807, 2.05) is 17.0 Å². The molecule has 4 rings (SSSR count). The summed E-state index contributed by atoms with van der Waals surface area (Å²) < 4.78 is 5.08. The van der Waals surface area contributed by atoms with Crippen molar-refractivity contribution in [2.75, 3.05) is 11.9 Å². The summed E-state index contributed by atoms with van der Waals surface area (Å²) in [5.74, 6) is -0.164. The topological polar surface area (TPSA) is 62.6 Å². The van der Waals surface area contributed by atoms with Crippen LogP contribution in [-0.2, 0) is 0 Å². The zero-order chi connectivity index (χ0) is 20.4. The number of nitrogens with one attached hydrogen (secondary N) is 1. The van der Waals surface area contributed by atoms with Crippen LogP contribution in [0.3, 0.4) is 0 Å². The van der Waals surface area contributed by atoms with Gasteiger partial charge in [0.25, 0.3) is 11.8 Å². The number of benzene rings is 2. The van der Waals surface area contributed by atoms with Gasteiger partial charge in [0.1, 0.15) is 0 Å². The lowest BCUT2D eigenvalue weighted by molar-refractivity contribution is 0.0735. The van der Waals surface area contributed by atoms with E-state index in [1.54, 1.807) is 42.5 Å². The second kappa shape index (κ2) is 8.31. The number of likely N-dealkylation sites (tertiary alicyclic amines) is 1. The van der Waals surface area contributed by atoms with Gasteiger partial charge in [-0.1, -0.05) is 29.3 Å². The molecule has 1 fully saturated rings. The highest BCUT2D eigenvalue weighted by Crippen LogP contribution is 2.36. The average molecular weight is 429 g/mol. The van der Waals surface area contributed by atoms with Crippen molar-refractivity contribution in [3.63, 3.8) is 0 Å². The van der Waals surface area contributed by atoms with Crippen LogP contribution in [-0.4, -0.2) is 23.3 Å². The normalized spacial score (nSPS) is 16.1. The summed E-state index contributed by atoms with van der Waals surface area (Å²) in [5.41, 5.74) is 2.13. The molecule has 0 spiro atoms. The van der Waals surface area contributed by atoms with Crippen molar-refractivity contribution >= 4 is 40.7 Å². The Morgan fingerprint density at radius 2 is 1.83 bits per heavy atom. The molecule has 3 aromatic rings. The summed E-state index contributed by atoms with van der Waals surface area (Å²) in [7, 11) is 0. The van der Waals surface area contributed by atoms with Crippen molar-refractivity contribution in [3.8, 4) is 0 Å². The number of carbonyl (C=O) groups excluding carboxylic acids is 2. The molecule has 0 aliphatic carbocycles. The summed E-state index contributed by atoms with van der Waals surface area (Å²) in [5, 5.41) is 3.73. The highest BCUT2D eigenvalue weighted by molar-refractivity contribution is 6.42. The van der Waals surface area contributed by atoms with Crippen molar-refractivity contribution in [2.24, 2.45) is 0 Å². The van der Waals surface area contributed by atoms with Gasteiger partial charge in [0.2, 0.25) is 0 Å². The number of rotatable bonds is 4. The zero-order valence-electron chi connectivity index (χ0n) is 15.4. The van der Waals surface area contributed by atoms with Crippen LogP contribution in [0, 0.1) is 0 Å². The predicted molar refractivity (Wildman–Crippen MR) is 113 cm³/mol. The van der Waals surface area contributed by atoms with Gasteiger partial charge in [0, 0.05) is 17.8 Å². The van der Waals surface area contributed by atoms with Crippen LogP contribution in [0.1, 0.15) is 45.4 Å². The van der Waals surface area contributed by atoms with Gasteiger partial charge in [-0.25, -0.2) is 0 Å². The monoisotopic (exact) mass is 428 g/mol. The Kier molecular flexibility index (Phi) is 5.60. The van der Waals surface area contributed by atoms with Crippen LogP contribution >= 0.6 is 23.2 Å². The molecule has 0 radical (unpaired) electrons. The lowest BCUT2D eigenvalue weighted by Crippen LogP contribution is -2.30. The van der Waals surface area contributed by atoms with Gasteiger partial charge in [-0.15, -0.1) is 0 Å². The predicted octanol–water partition coefficient (Wildman–Crippen LogP) is 5.82. The van der Waals surface area contributed by atoms with Crippen LogP contribution in [0.25, 0.3) is 0 Å². The van der Waals surface area contributed by atoms with E-state index in [0.29, 0.717) is 27.8 Å². The Morgan fingerprint density at radius 3 is 2.52 bits per heavy atom. The van der Waals surface area contributed by atoms with Gasteiger partial charge in [0.05, 0.1) is 22.4 Å². The van der Waals surface area contributed by atoms with E-state index >= 15 is 0 Å². The summed E-state index contributed by atoms with van der Waals surface area (Å²) in [4.78, 5) is 27.0. The first kappa shape index (κ1) is 19.6. The van der Waals surface area contributed by atoms with E-state index in [0.717, 1.165) is 18.4 Å². The van der Waals surface area contributed by atoms with E-state index in [-0.39, 0.29) is 23.6 Å². The Bertz CT molecular complexity index is 1030. The third-order valence-electron chi connectivity index (χ3n) is 4.98. The second-order valence-electron chi connectivity index (χ2n) is 6.84. The number of nitrogens with zero attached hydrogens (tertiary/aromatic N) is 1. The molecule has 1 aliphatic heterocycles. The molecule has 0 bridgehead atoms. The quantitative estimate of drug-likeness (QED) is 0.569. The van der Waals surface area contributed by atoms with Crippen molar-refractivity contribution in [1.29, 1.82) is 0 Å². The van der Waals surface area contributed by atoms with Crippen molar-refractivity contribution in [1.82, 2.24) is 4.90 Å².